The van der Waals surface area contributed by atoms with E-state index in [-0.39, 0.29) is 37.5 Å². The van der Waals surface area contributed by atoms with Crippen LogP contribution in [0.2, 0.25) is 0 Å². The summed E-state index contributed by atoms with van der Waals surface area (Å²) in [6.07, 6.45) is 0.432. The van der Waals surface area contributed by atoms with Gasteiger partial charge in [0.25, 0.3) is 5.78 Å². The van der Waals surface area contributed by atoms with Crippen molar-refractivity contribution in [1.29, 1.82) is 0 Å². The number of hydrogen-bond acceptors (Lipinski definition) is 9. The third-order valence-electron chi connectivity index (χ3n) is 4.15. The third kappa shape index (κ3) is 15.9. The van der Waals surface area contributed by atoms with Crippen LogP contribution < -0.4 is 5.32 Å². The summed E-state index contributed by atoms with van der Waals surface area (Å²) < 4.78 is 26.2. The van der Waals surface area contributed by atoms with Crippen molar-refractivity contribution in [2.24, 2.45) is 0 Å². The predicted octanol–water partition coefficient (Wildman–Crippen LogP) is 0.850. The minimum absolute atomic E-state index is 0.0163. The number of nitrogens with one attached hydrogen (secondary N) is 1. The van der Waals surface area contributed by atoms with Gasteiger partial charge in [-0.05, 0) is 6.42 Å². The molecule has 11 nitrogen and oxygen atoms in total. The van der Waals surface area contributed by atoms with Crippen molar-refractivity contribution in [2.75, 3.05) is 66.0 Å². The van der Waals surface area contributed by atoms with Gasteiger partial charge in [0.1, 0.15) is 6.61 Å². The number of ether oxygens (including phenoxy) is 5. The lowest BCUT2D eigenvalue weighted by Gasteiger charge is -2.08. The van der Waals surface area contributed by atoms with Crippen molar-refractivity contribution >= 4 is 23.6 Å². The van der Waals surface area contributed by atoms with E-state index in [4.69, 9.17) is 28.8 Å². The van der Waals surface area contributed by atoms with Gasteiger partial charge in [-0.25, -0.2) is 4.79 Å². The number of amides is 1. The second-order valence-corrected chi connectivity index (χ2v) is 6.88. The van der Waals surface area contributed by atoms with E-state index in [1.807, 2.05) is 0 Å². The summed E-state index contributed by atoms with van der Waals surface area (Å²) in [5.41, 5.74) is 0.285. The van der Waals surface area contributed by atoms with E-state index in [1.165, 1.54) is 0 Å². The summed E-state index contributed by atoms with van der Waals surface area (Å²) in [5, 5.41) is 11.1. The zero-order valence-corrected chi connectivity index (χ0v) is 19.2. The van der Waals surface area contributed by atoms with E-state index in [9.17, 15) is 19.2 Å². The Morgan fingerprint density at radius 2 is 1.24 bits per heavy atom. The monoisotopic (exact) mass is 483 g/mol. The molecule has 1 amide bonds. The van der Waals surface area contributed by atoms with Gasteiger partial charge in [-0.1, -0.05) is 30.3 Å². The molecule has 0 unspecified atom stereocenters. The van der Waals surface area contributed by atoms with Crippen LogP contribution in [0.4, 0.5) is 0 Å². The molecule has 0 heterocycles. The molecule has 0 saturated carbocycles. The topological polar surface area (TPSA) is 147 Å². The Labute approximate surface area is 198 Å². The number of rotatable bonds is 21. The first kappa shape index (κ1) is 29.2. The molecule has 190 valence electrons. The maximum absolute atomic E-state index is 11.8. The highest BCUT2D eigenvalue weighted by Crippen LogP contribution is 2.01. The second-order valence-electron chi connectivity index (χ2n) is 6.88. The van der Waals surface area contributed by atoms with Gasteiger partial charge in [-0.15, -0.1) is 0 Å². The summed E-state index contributed by atoms with van der Waals surface area (Å²) in [6.45, 7) is 3.35. The molecule has 0 aromatic heterocycles. The molecule has 0 aliphatic heterocycles. The number of ketones is 1. The molecule has 0 aliphatic rings. The van der Waals surface area contributed by atoms with Crippen molar-refractivity contribution in [3.8, 4) is 0 Å². The molecule has 0 spiro atoms. The molecule has 0 aliphatic carbocycles. The fraction of sp³-hybridized carbons (Fsp3) is 0.565. The van der Waals surface area contributed by atoms with Crippen molar-refractivity contribution in [3.05, 3.63) is 35.9 Å². The number of carbonyl (C=O) groups excluding carboxylic acids is 3. The highest BCUT2D eigenvalue weighted by molar-refractivity contribution is 6.40. The molecule has 2 N–H and O–H groups in total. The van der Waals surface area contributed by atoms with Gasteiger partial charge in [0.2, 0.25) is 5.91 Å². The van der Waals surface area contributed by atoms with Crippen molar-refractivity contribution < 1.29 is 48.0 Å². The molecular weight excluding hydrogens is 450 g/mol. The highest BCUT2D eigenvalue weighted by Gasteiger charge is 2.17. The van der Waals surface area contributed by atoms with Crippen LogP contribution in [0.1, 0.15) is 29.6 Å². The first-order valence-corrected chi connectivity index (χ1v) is 11.1. The Kier molecular flexibility index (Phi) is 16.8. The number of carbonyl (C=O) groups is 4. The minimum Gasteiger partial charge on any atom is -0.481 e. The molecule has 0 atom stereocenters. The van der Waals surface area contributed by atoms with E-state index in [0.29, 0.717) is 59.2 Å². The fourth-order valence-corrected chi connectivity index (χ4v) is 2.44. The van der Waals surface area contributed by atoms with Crippen LogP contribution >= 0.6 is 0 Å². The first-order chi connectivity index (χ1) is 16.5. The summed E-state index contributed by atoms with van der Waals surface area (Å²) in [7, 11) is 0. The molecule has 11 heteroatoms. The molecule has 34 heavy (non-hydrogen) atoms. The standard InChI is InChI=1S/C23H33NO10/c25-20(7-8-21(26)27)24-9-4-10-30-11-12-31-13-14-32-15-16-33-17-18-34-23(29)22(28)19-5-2-1-3-6-19/h1-3,5-6H,4,7-18H2,(H,24,25)(H,26,27). The average molecular weight is 484 g/mol. The SMILES string of the molecule is O=C(O)CCC(=O)NCCCOCCOCCOCCOCCOC(=O)C(=O)c1ccccc1. The van der Waals surface area contributed by atoms with Crippen molar-refractivity contribution in [1.82, 2.24) is 5.32 Å². The molecular formula is C23H33NO10. The maximum atomic E-state index is 11.8. The quantitative estimate of drug-likeness (QED) is 0.112. The van der Waals surface area contributed by atoms with Crippen LogP contribution in [0.25, 0.3) is 0 Å². The van der Waals surface area contributed by atoms with Crippen LogP contribution in [-0.2, 0) is 38.1 Å². The molecule has 0 saturated heterocycles. The Morgan fingerprint density at radius 3 is 1.79 bits per heavy atom. The Morgan fingerprint density at radius 1 is 0.706 bits per heavy atom. The number of esters is 1. The van der Waals surface area contributed by atoms with Crippen LogP contribution in [0.5, 0.6) is 0 Å². The maximum Gasteiger partial charge on any atom is 0.379 e. The van der Waals surface area contributed by atoms with Crippen LogP contribution in [-0.4, -0.2) is 94.7 Å². The molecule has 0 bridgehead atoms. The van der Waals surface area contributed by atoms with Gasteiger partial charge >= 0.3 is 11.9 Å². The lowest BCUT2D eigenvalue weighted by atomic mass is 10.1. The summed E-state index contributed by atoms with van der Waals surface area (Å²) in [4.78, 5) is 45.1. The van der Waals surface area contributed by atoms with Crippen molar-refractivity contribution in [3.63, 3.8) is 0 Å². The number of carboxylic acids is 1. The van der Waals surface area contributed by atoms with E-state index in [2.05, 4.69) is 5.32 Å². The van der Waals surface area contributed by atoms with Gasteiger partial charge in [-0.2, -0.15) is 0 Å². The molecule has 0 radical (unpaired) electrons. The number of benzene rings is 1. The summed E-state index contributed by atoms with van der Waals surface area (Å²) in [6, 6.07) is 8.19. The summed E-state index contributed by atoms with van der Waals surface area (Å²) >= 11 is 0. The zero-order valence-electron chi connectivity index (χ0n) is 19.2. The third-order valence-corrected chi connectivity index (χ3v) is 4.15. The van der Waals surface area contributed by atoms with Crippen LogP contribution in [0, 0.1) is 0 Å². The Hall–Kier alpha value is -2.86. The van der Waals surface area contributed by atoms with Gasteiger partial charge in [0, 0.05) is 25.1 Å². The second kappa shape index (κ2) is 19.6. The molecule has 0 fully saturated rings. The Bertz CT molecular complexity index is 726. The lowest BCUT2D eigenvalue weighted by molar-refractivity contribution is -0.140. The molecule has 1 rings (SSSR count). The van der Waals surface area contributed by atoms with Gasteiger partial charge in [0.15, 0.2) is 0 Å². The number of hydrogen-bond donors (Lipinski definition) is 2. The van der Waals surface area contributed by atoms with Gasteiger partial charge < -0.3 is 34.1 Å². The highest BCUT2D eigenvalue weighted by atomic mass is 16.6. The van der Waals surface area contributed by atoms with E-state index >= 15 is 0 Å². The van der Waals surface area contributed by atoms with E-state index in [0.717, 1.165) is 0 Å². The molecule has 1 aromatic rings. The normalized spacial score (nSPS) is 10.6. The Balaban J connectivity index is 1.79. The molecule has 1 aromatic carbocycles. The predicted molar refractivity (Wildman–Crippen MR) is 120 cm³/mol. The number of Topliss-reactive ketones (excluding diaryl/α,β-unsaturated/α-hetero) is 1. The van der Waals surface area contributed by atoms with E-state index < -0.39 is 17.7 Å². The minimum atomic E-state index is -0.994. The van der Waals surface area contributed by atoms with Crippen LogP contribution in [0.15, 0.2) is 30.3 Å². The van der Waals surface area contributed by atoms with E-state index in [1.54, 1.807) is 30.3 Å². The zero-order chi connectivity index (χ0) is 24.9. The van der Waals surface area contributed by atoms with Gasteiger partial charge in [-0.3, -0.25) is 14.4 Å². The largest absolute Gasteiger partial charge is 0.481 e. The first-order valence-electron chi connectivity index (χ1n) is 11.1. The summed E-state index contributed by atoms with van der Waals surface area (Å²) in [5.74, 6) is -2.87. The number of aliphatic carboxylic acids is 1. The number of carboxylic acid groups (broad SMARTS) is 1. The fourth-order valence-electron chi connectivity index (χ4n) is 2.44. The van der Waals surface area contributed by atoms with Crippen LogP contribution in [0.3, 0.4) is 0 Å². The van der Waals surface area contributed by atoms with Gasteiger partial charge in [0.05, 0.1) is 52.7 Å². The average Bonchev–Trinajstić information content (AvgIpc) is 2.84. The lowest BCUT2D eigenvalue weighted by Crippen LogP contribution is -2.25. The van der Waals surface area contributed by atoms with Crippen molar-refractivity contribution in [2.45, 2.75) is 19.3 Å². The smallest absolute Gasteiger partial charge is 0.379 e.